The molecule has 3 N–H and O–H groups in total. The van der Waals surface area contributed by atoms with Crippen molar-refractivity contribution in [1.82, 2.24) is 10.3 Å². The van der Waals surface area contributed by atoms with Crippen molar-refractivity contribution in [2.45, 2.75) is 31.3 Å². The summed E-state index contributed by atoms with van der Waals surface area (Å²) in [6, 6.07) is 0.427. The Balaban J connectivity index is 2.24. The number of nitrogens with two attached hydrogens (primary N) is 1. The highest BCUT2D eigenvalue weighted by Crippen LogP contribution is 2.29. The predicted molar refractivity (Wildman–Crippen MR) is 54.8 cm³/mol. The summed E-state index contributed by atoms with van der Waals surface area (Å²) in [5.74, 6) is -0.362. The van der Waals surface area contributed by atoms with E-state index in [0.29, 0.717) is 6.04 Å². The molecule has 0 radical (unpaired) electrons. The Kier molecular flexibility index (Phi) is 2.28. The maximum absolute atomic E-state index is 11.4. The van der Waals surface area contributed by atoms with Crippen LogP contribution in [0.2, 0.25) is 0 Å². The topological polar surface area (TPSA) is 68.0 Å². The third kappa shape index (κ3) is 1.65. The van der Waals surface area contributed by atoms with Crippen molar-refractivity contribution in [2.75, 3.05) is 0 Å². The molecule has 1 amide bonds. The third-order valence-corrected chi connectivity index (χ3v) is 3.42. The monoisotopic (exact) mass is 211 g/mol. The first-order valence-electron chi connectivity index (χ1n) is 4.60. The summed E-state index contributed by atoms with van der Waals surface area (Å²) in [7, 11) is 0. The van der Waals surface area contributed by atoms with Crippen molar-refractivity contribution < 1.29 is 4.79 Å². The molecule has 1 saturated carbocycles. The van der Waals surface area contributed by atoms with Crippen molar-refractivity contribution in [2.24, 2.45) is 5.73 Å². The van der Waals surface area contributed by atoms with Crippen LogP contribution in [0.15, 0.2) is 11.6 Å². The number of aromatic nitrogens is 1. The Morgan fingerprint density at radius 3 is 2.93 bits per heavy atom. The van der Waals surface area contributed by atoms with E-state index in [0.717, 1.165) is 17.8 Å². The number of primary amides is 1. The maximum Gasteiger partial charge on any atom is 0.244 e. The smallest absolute Gasteiger partial charge is 0.244 e. The number of carbonyl (C=O) groups excluding carboxylic acids is 1. The van der Waals surface area contributed by atoms with Crippen molar-refractivity contribution in [3.8, 4) is 0 Å². The first-order valence-corrected chi connectivity index (χ1v) is 5.48. The molecule has 2 rings (SSSR count). The minimum absolute atomic E-state index is 0.362. The van der Waals surface area contributed by atoms with Gasteiger partial charge in [0.2, 0.25) is 5.91 Å². The summed E-state index contributed by atoms with van der Waals surface area (Å²) in [4.78, 5) is 15.6. The quantitative estimate of drug-likeness (QED) is 0.766. The Labute approximate surface area is 86.5 Å². The van der Waals surface area contributed by atoms with Gasteiger partial charge in [0.15, 0.2) is 0 Å². The van der Waals surface area contributed by atoms with Crippen molar-refractivity contribution in [1.29, 1.82) is 0 Å². The molecule has 0 bridgehead atoms. The Morgan fingerprint density at radius 1 is 1.79 bits per heavy atom. The van der Waals surface area contributed by atoms with Gasteiger partial charge in [0, 0.05) is 17.6 Å². The molecule has 1 aromatic rings. The number of hydrogen-bond acceptors (Lipinski definition) is 4. The molecule has 0 aliphatic heterocycles. The lowest BCUT2D eigenvalue weighted by molar-refractivity contribution is -0.124. The van der Waals surface area contributed by atoms with Gasteiger partial charge in [0.1, 0.15) is 10.5 Å². The second-order valence-corrected chi connectivity index (χ2v) is 4.64. The fraction of sp³-hybridized carbons (Fsp3) is 0.556. The van der Waals surface area contributed by atoms with Crippen LogP contribution in [0.25, 0.3) is 0 Å². The van der Waals surface area contributed by atoms with Gasteiger partial charge in [-0.2, -0.15) is 0 Å². The normalized spacial score (nSPS) is 20.4. The molecular weight excluding hydrogens is 198 g/mol. The number of carbonyl (C=O) groups is 1. The Bertz CT molecular complexity index is 334. The molecule has 1 aliphatic rings. The Hall–Kier alpha value is -0.940. The zero-order valence-electron chi connectivity index (χ0n) is 7.99. The number of nitrogens with one attached hydrogen (secondary N) is 1. The lowest BCUT2D eigenvalue weighted by atomic mass is 10.0. The van der Waals surface area contributed by atoms with Gasteiger partial charge < -0.3 is 5.73 Å². The standard InChI is InChI=1S/C9H13N3OS/c1-9(7(10)13,12-6-2-3-6)8-11-4-5-14-8/h4-6,12H,2-3H2,1H3,(H2,10,13). The van der Waals surface area contributed by atoms with E-state index >= 15 is 0 Å². The highest BCUT2D eigenvalue weighted by Gasteiger charge is 2.40. The van der Waals surface area contributed by atoms with Gasteiger partial charge >= 0.3 is 0 Å². The number of nitrogens with zero attached hydrogens (tertiary/aromatic N) is 1. The Morgan fingerprint density at radius 2 is 2.50 bits per heavy atom. The summed E-state index contributed by atoms with van der Waals surface area (Å²) in [6.07, 6.45) is 3.93. The number of rotatable bonds is 4. The second-order valence-electron chi connectivity index (χ2n) is 3.75. The van der Waals surface area contributed by atoms with E-state index in [-0.39, 0.29) is 5.91 Å². The second kappa shape index (κ2) is 3.33. The van der Waals surface area contributed by atoms with E-state index in [1.54, 1.807) is 13.1 Å². The predicted octanol–water partition coefficient (Wildman–Crippen LogP) is 0.596. The molecule has 0 spiro atoms. The molecule has 76 valence electrons. The molecule has 5 heteroatoms. The first kappa shape index (κ1) is 9.61. The molecule has 1 heterocycles. The minimum Gasteiger partial charge on any atom is -0.368 e. The van der Waals surface area contributed by atoms with Crippen LogP contribution < -0.4 is 11.1 Å². The van der Waals surface area contributed by atoms with Gasteiger partial charge in [0.05, 0.1) is 0 Å². The van der Waals surface area contributed by atoms with Crippen LogP contribution in [-0.4, -0.2) is 16.9 Å². The van der Waals surface area contributed by atoms with Gasteiger partial charge in [-0.3, -0.25) is 10.1 Å². The minimum atomic E-state index is -0.796. The molecule has 1 atom stereocenters. The highest BCUT2D eigenvalue weighted by molar-refractivity contribution is 7.09. The SMILES string of the molecule is CC(NC1CC1)(C(N)=O)c1nccs1. The lowest BCUT2D eigenvalue weighted by Crippen LogP contribution is -2.51. The van der Waals surface area contributed by atoms with Gasteiger partial charge in [-0.15, -0.1) is 11.3 Å². The van der Waals surface area contributed by atoms with E-state index in [2.05, 4.69) is 10.3 Å². The molecule has 0 saturated heterocycles. The van der Waals surface area contributed by atoms with E-state index in [9.17, 15) is 4.79 Å². The van der Waals surface area contributed by atoms with Gasteiger partial charge in [0.25, 0.3) is 0 Å². The summed E-state index contributed by atoms with van der Waals surface area (Å²) >= 11 is 1.45. The lowest BCUT2D eigenvalue weighted by Gasteiger charge is -2.24. The average Bonchev–Trinajstić information content (AvgIpc) is 2.78. The van der Waals surface area contributed by atoms with Crippen molar-refractivity contribution in [3.63, 3.8) is 0 Å². The van der Waals surface area contributed by atoms with E-state index in [4.69, 9.17) is 5.73 Å². The molecule has 4 nitrogen and oxygen atoms in total. The molecule has 1 unspecified atom stereocenters. The summed E-state index contributed by atoms with van der Waals surface area (Å²) < 4.78 is 0. The van der Waals surface area contributed by atoms with Gasteiger partial charge in [-0.05, 0) is 19.8 Å². The number of thiazole rings is 1. The van der Waals surface area contributed by atoms with Gasteiger partial charge in [-0.1, -0.05) is 0 Å². The average molecular weight is 211 g/mol. The largest absolute Gasteiger partial charge is 0.368 e. The number of hydrogen-bond donors (Lipinski definition) is 2. The van der Waals surface area contributed by atoms with Crippen LogP contribution in [0, 0.1) is 0 Å². The van der Waals surface area contributed by atoms with Crippen LogP contribution in [0.1, 0.15) is 24.8 Å². The maximum atomic E-state index is 11.4. The zero-order valence-corrected chi connectivity index (χ0v) is 8.80. The molecular formula is C9H13N3OS. The molecule has 1 fully saturated rings. The van der Waals surface area contributed by atoms with Gasteiger partial charge in [-0.25, -0.2) is 4.98 Å². The van der Waals surface area contributed by atoms with Crippen molar-refractivity contribution >= 4 is 17.2 Å². The zero-order chi connectivity index (χ0) is 10.2. The van der Waals surface area contributed by atoms with Crippen LogP contribution >= 0.6 is 11.3 Å². The first-order chi connectivity index (χ1) is 6.63. The van der Waals surface area contributed by atoms with Crippen molar-refractivity contribution in [3.05, 3.63) is 16.6 Å². The highest BCUT2D eigenvalue weighted by atomic mass is 32.1. The van der Waals surface area contributed by atoms with E-state index in [1.165, 1.54) is 11.3 Å². The van der Waals surface area contributed by atoms with E-state index in [1.807, 2.05) is 5.38 Å². The third-order valence-electron chi connectivity index (χ3n) is 2.42. The van der Waals surface area contributed by atoms with Crippen LogP contribution in [0.4, 0.5) is 0 Å². The molecule has 1 aromatic heterocycles. The summed E-state index contributed by atoms with van der Waals surface area (Å²) in [5.41, 5.74) is 4.61. The summed E-state index contributed by atoms with van der Waals surface area (Å²) in [6.45, 7) is 1.80. The van der Waals surface area contributed by atoms with Crippen LogP contribution in [0.3, 0.4) is 0 Å². The number of amides is 1. The molecule has 0 aromatic carbocycles. The van der Waals surface area contributed by atoms with E-state index < -0.39 is 5.54 Å². The fourth-order valence-electron chi connectivity index (χ4n) is 1.34. The summed E-state index contributed by atoms with van der Waals surface area (Å²) in [5, 5.41) is 5.84. The molecule has 14 heavy (non-hydrogen) atoms. The van der Waals surface area contributed by atoms with Crippen LogP contribution in [-0.2, 0) is 10.3 Å². The molecule has 1 aliphatic carbocycles. The van der Waals surface area contributed by atoms with Crippen LogP contribution in [0.5, 0.6) is 0 Å². The fourth-order valence-corrected chi connectivity index (χ4v) is 2.11.